The van der Waals surface area contributed by atoms with E-state index in [4.69, 9.17) is 5.26 Å². The fraction of sp³-hybridized carbons (Fsp3) is 0.222. The molecule has 5 nitrogen and oxygen atoms in total. The van der Waals surface area contributed by atoms with E-state index in [2.05, 4.69) is 11.4 Å². The number of carbonyl (C=O) groups excluding carboxylic acids is 1. The van der Waals surface area contributed by atoms with Crippen molar-refractivity contribution < 1.29 is 9.00 Å². The highest BCUT2D eigenvalue weighted by atomic mass is 32.2. The SMILES string of the molecule is CN(Cc1ccc([S@](C)=O)cc1)C(=O)NCc1cccc(C#N)c1. The lowest BCUT2D eigenvalue weighted by molar-refractivity contribution is 0.206. The number of nitrogens with zero attached hydrogens (tertiary/aromatic N) is 2. The molecular weight excluding hydrogens is 322 g/mol. The van der Waals surface area contributed by atoms with Gasteiger partial charge in [0.15, 0.2) is 0 Å². The van der Waals surface area contributed by atoms with Gasteiger partial charge < -0.3 is 10.2 Å². The highest BCUT2D eigenvalue weighted by Gasteiger charge is 2.09. The van der Waals surface area contributed by atoms with Gasteiger partial charge in [-0.3, -0.25) is 4.21 Å². The van der Waals surface area contributed by atoms with E-state index in [1.807, 2.05) is 30.3 Å². The third-order valence-corrected chi connectivity index (χ3v) is 4.46. The Morgan fingerprint density at radius 1 is 1.21 bits per heavy atom. The van der Waals surface area contributed by atoms with E-state index in [1.54, 1.807) is 36.4 Å². The zero-order valence-corrected chi connectivity index (χ0v) is 14.5. The summed E-state index contributed by atoms with van der Waals surface area (Å²) in [7, 11) is 0.714. The highest BCUT2D eigenvalue weighted by Crippen LogP contribution is 2.10. The summed E-state index contributed by atoms with van der Waals surface area (Å²) in [5.74, 6) is 0. The zero-order chi connectivity index (χ0) is 17.5. The average Bonchev–Trinajstić information content (AvgIpc) is 2.60. The maximum atomic E-state index is 12.2. The molecule has 1 N–H and O–H groups in total. The van der Waals surface area contributed by atoms with Gasteiger partial charge in [0.2, 0.25) is 0 Å². The lowest BCUT2D eigenvalue weighted by atomic mass is 10.1. The number of nitriles is 1. The highest BCUT2D eigenvalue weighted by molar-refractivity contribution is 7.84. The van der Waals surface area contributed by atoms with Crippen LogP contribution in [-0.4, -0.2) is 28.4 Å². The number of carbonyl (C=O) groups is 1. The summed E-state index contributed by atoms with van der Waals surface area (Å²) in [6.07, 6.45) is 1.63. The quantitative estimate of drug-likeness (QED) is 0.908. The maximum absolute atomic E-state index is 12.2. The molecule has 0 bridgehead atoms. The number of hydrogen-bond acceptors (Lipinski definition) is 3. The Hall–Kier alpha value is -2.65. The van der Waals surface area contributed by atoms with Crippen molar-refractivity contribution in [3.8, 4) is 6.07 Å². The first kappa shape index (κ1) is 17.7. The van der Waals surface area contributed by atoms with Crippen LogP contribution in [0.4, 0.5) is 4.79 Å². The van der Waals surface area contributed by atoms with Crippen LogP contribution in [0, 0.1) is 11.3 Å². The van der Waals surface area contributed by atoms with Crippen molar-refractivity contribution in [2.75, 3.05) is 13.3 Å². The molecule has 0 saturated heterocycles. The van der Waals surface area contributed by atoms with Gasteiger partial charge in [-0.05, 0) is 35.4 Å². The lowest BCUT2D eigenvalue weighted by Crippen LogP contribution is -2.36. The Kier molecular flexibility index (Phi) is 6.10. The third kappa shape index (κ3) is 4.93. The van der Waals surface area contributed by atoms with Gasteiger partial charge in [-0.25, -0.2) is 4.79 Å². The second-order valence-corrected chi connectivity index (χ2v) is 6.80. The van der Waals surface area contributed by atoms with E-state index < -0.39 is 10.8 Å². The first-order valence-corrected chi connectivity index (χ1v) is 8.96. The number of urea groups is 1. The molecule has 2 rings (SSSR count). The van der Waals surface area contributed by atoms with Crippen molar-refractivity contribution in [1.29, 1.82) is 5.26 Å². The molecule has 0 aliphatic rings. The normalized spacial score (nSPS) is 11.4. The van der Waals surface area contributed by atoms with Crippen LogP contribution in [-0.2, 0) is 23.9 Å². The van der Waals surface area contributed by atoms with E-state index in [0.29, 0.717) is 18.7 Å². The van der Waals surface area contributed by atoms with Crippen LogP contribution >= 0.6 is 0 Å². The standard InChI is InChI=1S/C18H19N3O2S/c1-21(13-14-6-8-17(9-7-14)24(2)23)18(22)20-12-16-5-3-4-15(10-16)11-19/h3-10H,12-13H2,1-2H3,(H,20,22)/t24-/m0/s1. The monoisotopic (exact) mass is 341 g/mol. The van der Waals surface area contributed by atoms with Gasteiger partial charge in [0.05, 0.1) is 11.6 Å². The minimum Gasteiger partial charge on any atom is -0.334 e. The molecule has 1 atom stereocenters. The van der Waals surface area contributed by atoms with Crippen molar-refractivity contribution in [3.63, 3.8) is 0 Å². The summed E-state index contributed by atoms with van der Waals surface area (Å²) >= 11 is 0. The van der Waals surface area contributed by atoms with Gasteiger partial charge in [0.1, 0.15) is 0 Å². The fourth-order valence-electron chi connectivity index (χ4n) is 2.20. The molecule has 124 valence electrons. The molecule has 2 aromatic carbocycles. The second-order valence-electron chi connectivity index (χ2n) is 5.43. The van der Waals surface area contributed by atoms with Crippen molar-refractivity contribution >= 4 is 16.8 Å². The van der Waals surface area contributed by atoms with Crippen LogP contribution in [0.15, 0.2) is 53.4 Å². The average molecular weight is 341 g/mol. The van der Waals surface area contributed by atoms with Crippen LogP contribution in [0.25, 0.3) is 0 Å². The van der Waals surface area contributed by atoms with E-state index in [9.17, 15) is 9.00 Å². The van der Waals surface area contributed by atoms with Crippen molar-refractivity contribution in [2.45, 2.75) is 18.0 Å². The van der Waals surface area contributed by atoms with Gasteiger partial charge in [-0.1, -0.05) is 24.3 Å². The number of hydrogen-bond donors (Lipinski definition) is 1. The molecule has 0 aliphatic heterocycles. The van der Waals surface area contributed by atoms with Gasteiger partial charge in [-0.2, -0.15) is 5.26 Å². The molecule has 24 heavy (non-hydrogen) atoms. The van der Waals surface area contributed by atoms with Crippen LogP contribution in [0.3, 0.4) is 0 Å². The minimum atomic E-state index is -1.00. The summed E-state index contributed by atoms with van der Waals surface area (Å²) in [6.45, 7) is 0.827. The van der Waals surface area contributed by atoms with Crippen molar-refractivity contribution in [3.05, 3.63) is 65.2 Å². The molecule has 0 fully saturated rings. The Morgan fingerprint density at radius 3 is 2.54 bits per heavy atom. The number of amides is 2. The Bertz CT molecular complexity index is 782. The van der Waals surface area contributed by atoms with Crippen molar-refractivity contribution in [2.24, 2.45) is 0 Å². The molecule has 0 saturated carbocycles. The Labute approximate surface area is 144 Å². The molecule has 6 heteroatoms. The number of nitrogens with one attached hydrogen (secondary N) is 1. The Balaban J connectivity index is 1.89. The molecule has 0 aromatic heterocycles. The zero-order valence-electron chi connectivity index (χ0n) is 13.7. The fourth-order valence-corrected chi connectivity index (χ4v) is 2.71. The van der Waals surface area contributed by atoms with E-state index in [-0.39, 0.29) is 6.03 Å². The van der Waals surface area contributed by atoms with Gasteiger partial charge in [0, 0.05) is 42.1 Å². The topological polar surface area (TPSA) is 73.2 Å². The number of benzene rings is 2. The molecule has 0 radical (unpaired) electrons. The smallest absolute Gasteiger partial charge is 0.317 e. The summed E-state index contributed by atoms with van der Waals surface area (Å²) in [4.78, 5) is 14.5. The second kappa shape index (κ2) is 8.27. The summed E-state index contributed by atoms with van der Waals surface area (Å²) in [6, 6.07) is 16.4. The summed E-state index contributed by atoms with van der Waals surface area (Å²) < 4.78 is 11.4. The van der Waals surface area contributed by atoms with Crippen LogP contribution in [0.2, 0.25) is 0 Å². The minimum absolute atomic E-state index is 0.194. The molecular formula is C18H19N3O2S. The van der Waals surface area contributed by atoms with Gasteiger partial charge in [-0.15, -0.1) is 0 Å². The summed E-state index contributed by atoms with van der Waals surface area (Å²) in [5, 5.41) is 11.7. The molecule has 0 spiro atoms. The van der Waals surface area contributed by atoms with Gasteiger partial charge in [0.25, 0.3) is 0 Å². The first-order chi connectivity index (χ1) is 11.5. The van der Waals surface area contributed by atoms with E-state index in [0.717, 1.165) is 16.0 Å². The third-order valence-electron chi connectivity index (χ3n) is 3.52. The molecule has 2 amide bonds. The van der Waals surface area contributed by atoms with Crippen LogP contribution in [0.5, 0.6) is 0 Å². The lowest BCUT2D eigenvalue weighted by Gasteiger charge is -2.18. The largest absolute Gasteiger partial charge is 0.334 e. The Morgan fingerprint density at radius 2 is 1.92 bits per heavy atom. The van der Waals surface area contributed by atoms with Gasteiger partial charge >= 0.3 is 6.03 Å². The molecule has 2 aromatic rings. The first-order valence-electron chi connectivity index (χ1n) is 7.40. The predicted octanol–water partition coefficient (Wildman–Crippen LogP) is 2.64. The summed E-state index contributed by atoms with van der Waals surface area (Å²) in [5.41, 5.74) is 2.42. The molecule has 0 heterocycles. The van der Waals surface area contributed by atoms with E-state index >= 15 is 0 Å². The molecule has 0 aliphatic carbocycles. The van der Waals surface area contributed by atoms with Crippen molar-refractivity contribution in [1.82, 2.24) is 10.2 Å². The van der Waals surface area contributed by atoms with Crippen LogP contribution < -0.4 is 5.32 Å². The van der Waals surface area contributed by atoms with E-state index in [1.165, 1.54) is 0 Å². The maximum Gasteiger partial charge on any atom is 0.317 e. The van der Waals surface area contributed by atoms with Crippen LogP contribution in [0.1, 0.15) is 16.7 Å². The predicted molar refractivity (Wildman–Crippen MR) is 93.6 cm³/mol. The number of rotatable bonds is 5. The molecule has 0 unspecified atom stereocenters.